The second-order valence-electron chi connectivity index (χ2n) is 9.73. The summed E-state index contributed by atoms with van der Waals surface area (Å²) in [7, 11) is 0. The lowest BCUT2D eigenvalue weighted by atomic mass is 9.96. The van der Waals surface area contributed by atoms with Gasteiger partial charge in [-0.1, -0.05) is 18.2 Å². The zero-order chi connectivity index (χ0) is 25.7. The first kappa shape index (κ1) is 23.0. The minimum atomic E-state index is -1.04. The van der Waals surface area contributed by atoms with Crippen LogP contribution < -0.4 is 5.56 Å². The van der Waals surface area contributed by atoms with Crippen molar-refractivity contribution in [2.24, 2.45) is 10.2 Å². The zero-order valence-corrected chi connectivity index (χ0v) is 20.4. The van der Waals surface area contributed by atoms with E-state index in [2.05, 4.69) is 21.4 Å². The number of hydrogen-bond donors (Lipinski definition) is 3. The number of hydrogen-bond acceptors (Lipinski definition) is 5. The van der Waals surface area contributed by atoms with E-state index >= 15 is 0 Å². The maximum Gasteiger partial charge on any atom is 0.335 e. The monoisotopic (exact) mass is 494 g/mol. The van der Waals surface area contributed by atoms with E-state index in [0.29, 0.717) is 22.5 Å². The van der Waals surface area contributed by atoms with Crippen LogP contribution in [0.15, 0.2) is 63.6 Å². The van der Waals surface area contributed by atoms with Crippen LogP contribution in [0, 0.1) is 6.92 Å². The highest BCUT2D eigenvalue weighted by Gasteiger charge is 2.23. The number of nitrogens with zero attached hydrogens (tertiary/aromatic N) is 3. The third kappa shape index (κ3) is 3.94. The number of nitrogens with one attached hydrogen (secondary N) is 1. The predicted octanol–water partition coefficient (Wildman–Crippen LogP) is 5.94. The minimum absolute atomic E-state index is 0.0703. The third-order valence-corrected chi connectivity index (χ3v) is 7.40. The fraction of sp³-hybridized carbons (Fsp3) is 0.241. The highest BCUT2D eigenvalue weighted by atomic mass is 16.4. The predicted molar refractivity (Wildman–Crippen MR) is 140 cm³/mol. The van der Waals surface area contributed by atoms with E-state index in [4.69, 9.17) is 0 Å². The first-order valence-corrected chi connectivity index (χ1v) is 12.5. The number of rotatable bonds is 5. The number of aromatic hydroxyl groups is 1. The number of phenols is 1. The standard InChI is InChI=1S/C29H26N4O4/c1-16-25(28(35)33(32-16)22-12-11-17-5-2-6-18(17)14-22)30-31-26-23-10-4-8-20(23)15-24(27(26)34)19-7-3-9-21(13-19)29(36)37/h3,7,9,11-15,32,34H,2,4-6,8,10H2,1H3,(H,36,37). The summed E-state index contributed by atoms with van der Waals surface area (Å²) >= 11 is 0. The largest absolute Gasteiger partial charge is 0.505 e. The van der Waals surface area contributed by atoms with Crippen molar-refractivity contribution in [3.63, 3.8) is 0 Å². The van der Waals surface area contributed by atoms with Gasteiger partial charge in [-0.15, -0.1) is 10.2 Å². The average molecular weight is 495 g/mol. The molecule has 0 amide bonds. The molecule has 0 bridgehead atoms. The molecule has 8 nitrogen and oxygen atoms in total. The van der Waals surface area contributed by atoms with Crippen LogP contribution in [-0.4, -0.2) is 26.0 Å². The first-order chi connectivity index (χ1) is 17.9. The van der Waals surface area contributed by atoms with Crippen LogP contribution in [0.25, 0.3) is 16.8 Å². The molecule has 3 aromatic carbocycles. The molecule has 0 spiro atoms. The maximum atomic E-state index is 13.3. The molecule has 2 aliphatic rings. The molecule has 0 unspecified atom stereocenters. The van der Waals surface area contributed by atoms with E-state index in [1.165, 1.54) is 27.9 Å². The molecule has 0 aliphatic heterocycles. The van der Waals surface area contributed by atoms with Crippen molar-refractivity contribution in [1.29, 1.82) is 0 Å². The summed E-state index contributed by atoms with van der Waals surface area (Å²) in [5.74, 6) is -1.11. The fourth-order valence-corrected chi connectivity index (χ4v) is 5.49. The number of H-pyrrole nitrogens is 1. The van der Waals surface area contributed by atoms with Gasteiger partial charge in [0.2, 0.25) is 0 Å². The Morgan fingerprint density at radius 2 is 1.68 bits per heavy atom. The Hall–Kier alpha value is -4.46. The summed E-state index contributed by atoms with van der Waals surface area (Å²) in [5, 5.41) is 32.5. The highest BCUT2D eigenvalue weighted by molar-refractivity contribution is 5.90. The van der Waals surface area contributed by atoms with Crippen molar-refractivity contribution >= 4 is 17.3 Å². The molecule has 0 saturated carbocycles. The van der Waals surface area contributed by atoms with Crippen LogP contribution in [0.3, 0.4) is 0 Å². The van der Waals surface area contributed by atoms with E-state index in [1.807, 2.05) is 18.2 Å². The molecule has 1 aromatic heterocycles. The van der Waals surface area contributed by atoms with Crippen LogP contribution in [0.4, 0.5) is 11.4 Å². The molecule has 6 rings (SSSR count). The normalized spacial score (nSPS) is 14.3. The Morgan fingerprint density at radius 3 is 2.51 bits per heavy atom. The van der Waals surface area contributed by atoms with E-state index in [0.717, 1.165) is 55.3 Å². The number of phenolic OH excluding ortho intramolecular Hbond substituents is 1. The highest BCUT2D eigenvalue weighted by Crippen LogP contribution is 2.45. The smallest absolute Gasteiger partial charge is 0.335 e. The van der Waals surface area contributed by atoms with Crippen molar-refractivity contribution in [1.82, 2.24) is 9.78 Å². The van der Waals surface area contributed by atoms with E-state index in [9.17, 15) is 19.8 Å². The van der Waals surface area contributed by atoms with Crippen molar-refractivity contribution in [3.05, 3.63) is 92.4 Å². The molecule has 37 heavy (non-hydrogen) atoms. The lowest BCUT2D eigenvalue weighted by Gasteiger charge is -2.12. The van der Waals surface area contributed by atoms with Gasteiger partial charge in [-0.2, -0.15) is 0 Å². The maximum absolute atomic E-state index is 13.3. The quantitative estimate of drug-likeness (QED) is 0.298. The Morgan fingerprint density at radius 1 is 0.919 bits per heavy atom. The van der Waals surface area contributed by atoms with Crippen LogP contribution in [0.2, 0.25) is 0 Å². The molecule has 0 radical (unpaired) electrons. The SMILES string of the molecule is Cc1[nH]n(-c2ccc3c(c2)CCC3)c(=O)c1N=Nc1c(O)c(-c2cccc(C(=O)O)c2)cc2c1CCC2. The molecular formula is C29H26N4O4. The van der Waals surface area contributed by atoms with Gasteiger partial charge in [0.1, 0.15) is 5.69 Å². The topological polar surface area (TPSA) is 120 Å². The summed E-state index contributed by atoms with van der Waals surface area (Å²) < 4.78 is 1.49. The van der Waals surface area contributed by atoms with Crippen LogP contribution in [-0.2, 0) is 25.7 Å². The number of carboxylic acids is 1. The van der Waals surface area contributed by atoms with E-state index in [1.54, 1.807) is 19.1 Å². The van der Waals surface area contributed by atoms with Crippen molar-refractivity contribution in [2.45, 2.75) is 45.4 Å². The lowest BCUT2D eigenvalue weighted by Crippen LogP contribution is -2.14. The second-order valence-corrected chi connectivity index (χ2v) is 9.73. The summed E-state index contributed by atoms with van der Waals surface area (Å²) in [6.45, 7) is 1.78. The minimum Gasteiger partial charge on any atom is -0.505 e. The number of aromatic carboxylic acids is 1. The molecule has 0 fully saturated rings. The Labute approximate surface area is 212 Å². The second kappa shape index (κ2) is 8.89. The molecule has 8 heteroatoms. The van der Waals surface area contributed by atoms with Gasteiger partial charge in [0, 0.05) is 5.56 Å². The van der Waals surface area contributed by atoms with E-state index < -0.39 is 5.97 Å². The third-order valence-electron chi connectivity index (χ3n) is 7.40. The number of azo groups is 1. The first-order valence-electron chi connectivity index (χ1n) is 12.5. The molecule has 186 valence electrons. The molecule has 1 heterocycles. The number of fused-ring (bicyclic) bond motifs is 2. The zero-order valence-electron chi connectivity index (χ0n) is 20.4. The Kier molecular flexibility index (Phi) is 5.52. The molecule has 2 aliphatic carbocycles. The van der Waals surface area contributed by atoms with Crippen LogP contribution in [0.5, 0.6) is 5.75 Å². The van der Waals surface area contributed by atoms with Gasteiger partial charge in [0.25, 0.3) is 5.56 Å². The Balaban J connectivity index is 1.42. The molecule has 3 N–H and O–H groups in total. The molecule has 4 aromatic rings. The van der Waals surface area contributed by atoms with Gasteiger partial charge in [0.15, 0.2) is 11.4 Å². The number of aromatic amines is 1. The van der Waals surface area contributed by atoms with E-state index in [-0.39, 0.29) is 22.6 Å². The van der Waals surface area contributed by atoms with Crippen molar-refractivity contribution in [3.8, 4) is 22.6 Å². The summed E-state index contributed by atoms with van der Waals surface area (Å²) in [5.41, 5.74) is 7.32. The fourth-order valence-electron chi connectivity index (χ4n) is 5.49. The molecular weight excluding hydrogens is 468 g/mol. The van der Waals surface area contributed by atoms with Gasteiger partial charge in [-0.25, -0.2) is 9.48 Å². The van der Waals surface area contributed by atoms with Gasteiger partial charge in [0.05, 0.1) is 16.9 Å². The number of carboxylic acid groups (broad SMARTS) is 1. The van der Waals surface area contributed by atoms with Crippen molar-refractivity contribution in [2.75, 3.05) is 0 Å². The lowest BCUT2D eigenvalue weighted by molar-refractivity contribution is 0.0697. The van der Waals surface area contributed by atoms with Gasteiger partial charge in [-0.3, -0.25) is 9.89 Å². The average Bonchev–Trinajstić information content (AvgIpc) is 3.62. The molecule has 0 saturated heterocycles. The molecule has 0 atom stereocenters. The number of aryl methyl sites for hydroxylation is 4. The summed E-state index contributed by atoms with van der Waals surface area (Å²) in [6, 6.07) is 14.4. The Bertz CT molecular complexity index is 1660. The van der Waals surface area contributed by atoms with Gasteiger partial charge >= 0.3 is 5.97 Å². The summed E-state index contributed by atoms with van der Waals surface area (Å²) in [4.78, 5) is 24.8. The summed E-state index contributed by atoms with van der Waals surface area (Å²) in [6.07, 6.45) is 5.71. The van der Waals surface area contributed by atoms with Gasteiger partial charge < -0.3 is 10.2 Å². The number of aromatic nitrogens is 2. The van der Waals surface area contributed by atoms with Crippen molar-refractivity contribution < 1.29 is 15.0 Å². The van der Waals surface area contributed by atoms with Crippen LogP contribution >= 0.6 is 0 Å². The number of carbonyl (C=O) groups is 1. The number of benzene rings is 3. The van der Waals surface area contributed by atoms with Crippen LogP contribution in [0.1, 0.15) is 51.1 Å². The van der Waals surface area contributed by atoms with Gasteiger partial charge in [-0.05, 0) is 104 Å².